The van der Waals surface area contributed by atoms with Gasteiger partial charge >= 0.3 is 17.9 Å². The van der Waals surface area contributed by atoms with Gasteiger partial charge in [0.2, 0.25) is 0 Å². The van der Waals surface area contributed by atoms with Crippen molar-refractivity contribution in [3.63, 3.8) is 0 Å². The molecule has 0 heterocycles. The van der Waals surface area contributed by atoms with Crippen molar-refractivity contribution in [2.45, 2.75) is 180 Å². The molecule has 0 aliphatic heterocycles. The number of carboxylic acid groups (broad SMARTS) is 1. The Balaban J connectivity index is 4.32. The third-order valence-electron chi connectivity index (χ3n) is 9.24. The Kier molecular flexibility index (Phi) is 34.4. The number of unbranched alkanes of at least 4 members (excludes halogenated alkanes) is 15. The fourth-order valence-electron chi connectivity index (χ4n) is 5.96. The van der Waals surface area contributed by atoms with Gasteiger partial charge in [0.25, 0.3) is 0 Å². The van der Waals surface area contributed by atoms with E-state index in [2.05, 4.69) is 62.5 Å². The van der Waals surface area contributed by atoms with Gasteiger partial charge in [0.1, 0.15) is 6.61 Å². The number of ether oxygens (including phenoxy) is 3. The molecule has 0 aromatic heterocycles. The predicted molar refractivity (Wildman–Crippen MR) is 220 cm³/mol. The molecule has 8 nitrogen and oxygen atoms in total. The number of hydrogen-bond donors (Lipinski definition) is 1. The van der Waals surface area contributed by atoms with Gasteiger partial charge in [-0.1, -0.05) is 146 Å². The highest BCUT2D eigenvalue weighted by Crippen LogP contribution is 2.14. The molecular formula is C45H80NO7+. The van der Waals surface area contributed by atoms with Crippen molar-refractivity contribution in [3.05, 3.63) is 48.6 Å². The van der Waals surface area contributed by atoms with Crippen molar-refractivity contribution in [1.82, 2.24) is 0 Å². The van der Waals surface area contributed by atoms with Gasteiger partial charge in [-0.05, 0) is 51.4 Å². The molecule has 0 radical (unpaired) electrons. The van der Waals surface area contributed by atoms with Crippen LogP contribution in [0.4, 0.5) is 0 Å². The maximum Gasteiger partial charge on any atom is 0.362 e. The van der Waals surface area contributed by atoms with Crippen LogP contribution in [0.2, 0.25) is 0 Å². The molecule has 1 N–H and O–H groups in total. The van der Waals surface area contributed by atoms with E-state index < -0.39 is 18.1 Å². The number of nitrogens with zero attached hydrogens (tertiary/aromatic N) is 1. The average molecular weight is 747 g/mol. The second-order valence-electron chi connectivity index (χ2n) is 15.2. The molecule has 0 amide bonds. The van der Waals surface area contributed by atoms with E-state index in [1.54, 1.807) is 0 Å². The van der Waals surface area contributed by atoms with Crippen molar-refractivity contribution in [3.8, 4) is 0 Å². The monoisotopic (exact) mass is 747 g/mol. The first-order valence-corrected chi connectivity index (χ1v) is 21.2. The van der Waals surface area contributed by atoms with Crippen LogP contribution in [0, 0.1) is 0 Å². The minimum atomic E-state index is -0.878. The summed E-state index contributed by atoms with van der Waals surface area (Å²) in [4.78, 5) is 36.8. The number of rotatable bonds is 37. The van der Waals surface area contributed by atoms with Gasteiger partial charge in [0.05, 0.1) is 34.4 Å². The maximum absolute atomic E-state index is 12.7. The Bertz CT molecular complexity index is 1010. The summed E-state index contributed by atoms with van der Waals surface area (Å²) in [5, 5.41) is 9.60. The van der Waals surface area contributed by atoms with Crippen LogP contribution >= 0.6 is 0 Å². The molecule has 0 fully saturated rings. The number of likely N-dealkylation sites (N-methyl/N-ethyl adjacent to an activating group) is 1. The lowest BCUT2D eigenvalue weighted by Gasteiger charge is -2.31. The van der Waals surface area contributed by atoms with Crippen LogP contribution in [0.25, 0.3) is 0 Å². The van der Waals surface area contributed by atoms with E-state index in [1.807, 2.05) is 21.1 Å². The number of esters is 2. The smallest absolute Gasteiger partial charge is 0.362 e. The van der Waals surface area contributed by atoms with Crippen LogP contribution in [0.3, 0.4) is 0 Å². The van der Waals surface area contributed by atoms with E-state index >= 15 is 0 Å². The highest BCUT2D eigenvalue weighted by molar-refractivity contribution is 5.72. The third-order valence-corrected chi connectivity index (χ3v) is 9.24. The Morgan fingerprint density at radius 2 is 1.06 bits per heavy atom. The van der Waals surface area contributed by atoms with Gasteiger partial charge in [-0.15, -0.1) is 0 Å². The first-order chi connectivity index (χ1) is 25.6. The Hall–Kier alpha value is -2.71. The van der Waals surface area contributed by atoms with Crippen molar-refractivity contribution >= 4 is 17.9 Å². The summed E-state index contributed by atoms with van der Waals surface area (Å²) in [5.74, 6) is -1.49. The summed E-state index contributed by atoms with van der Waals surface area (Å²) in [7, 11) is 5.51. The van der Waals surface area contributed by atoms with E-state index in [1.165, 1.54) is 64.2 Å². The van der Waals surface area contributed by atoms with Gasteiger partial charge in [0, 0.05) is 19.3 Å². The maximum atomic E-state index is 12.7. The molecule has 53 heavy (non-hydrogen) atoms. The second kappa shape index (κ2) is 36.3. The number of hydrogen-bond acceptors (Lipinski definition) is 6. The molecule has 0 bridgehead atoms. The minimum absolute atomic E-state index is 0.0550. The van der Waals surface area contributed by atoms with Crippen molar-refractivity contribution < 1.29 is 38.2 Å². The zero-order valence-corrected chi connectivity index (χ0v) is 34.7. The molecule has 0 rings (SSSR count). The van der Waals surface area contributed by atoms with Crippen LogP contribution in [0.15, 0.2) is 48.6 Å². The molecule has 0 saturated heterocycles. The molecule has 0 aliphatic rings. The van der Waals surface area contributed by atoms with Crippen LogP contribution in [-0.2, 0) is 28.6 Å². The fourth-order valence-corrected chi connectivity index (χ4v) is 5.96. The van der Waals surface area contributed by atoms with E-state index in [9.17, 15) is 19.5 Å². The summed E-state index contributed by atoms with van der Waals surface area (Å²) >= 11 is 0. The number of carbonyl (C=O) groups excluding carboxylic acids is 2. The molecule has 0 spiro atoms. The predicted octanol–water partition coefficient (Wildman–Crippen LogP) is 11.2. The molecule has 8 heteroatoms. The second-order valence-corrected chi connectivity index (χ2v) is 15.2. The average Bonchev–Trinajstić information content (AvgIpc) is 3.11. The molecule has 0 aromatic carbocycles. The first kappa shape index (κ1) is 50.3. The van der Waals surface area contributed by atoms with Crippen LogP contribution < -0.4 is 0 Å². The Morgan fingerprint density at radius 1 is 0.585 bits per heavy atom. The highest BCUT2D eigenvalue weighted by atomic mass is 16.6. The minimum Gasteiger partial charge on any atom is -0.477 e. The summed E-state index contributed by atoms with van der Waals surface area (Å²) in [5.41, 5.74) is 0. The number of carboxylic acids is 1. The van der Waals surface area contributed by atoms with Gasteiger partial charge in [0.15, 0.2) is 12.1 Å². The molecule has 2 atom stereocenters. The zero-order valence-electron chi connectivity index (χ0n) is 34.7. The lowest BCUT2D eigenvalue weighted by Crippen LogP contribution is -2.50. The van der Waals surface area contributed by atoms with Gasteiger partial charge in [-0.25, -0.2) is 4.79 Å². The van der Waals surface area contributed by atoms with Gasteiger partial charge in [-0.3, -0.25) is 9.59 Å². The molecule has 0 aliphatic carbocycles. The van der Waals surface area contributed by atoms with Crippen LogP contribution in [0.5, 0.6) is 0 Å². The van der Waals surface area contributed by atoms with Crippen molar-refractivity contribution in [1.29, 1.82) is 0 Å². The molecular weight excluding hydrogens is 666 g/mol. The third kappa shape index (κ3) is 34.8. The van der Waals surface area contributed by atoms with Crippen LogP contribution in [-0.4, -0.2) is 80.6 Å². The molecule has 306 valence electrons. The largest absolute Gasteiger partial charge is 0.477 e. The first-order valence-electron chi connectivity index (χ1n) is 21.2. The van der Waals surface area contributed by atoms with Crippen LogP contribution in [0.1, 0.15) is 168 Å². The standard InChI is InChI=1S/C45H79NO7/c1-6-8-10-12-14-16-17-18-19-20-21-22-23-24-25-26-28-30-32-34-36-44(48)53-41(39-51-38-37-42(45(49)50)46(3,4)5)40-52-43(47)35-33-31-29-27-15-13-11-9-7-2/h8,10,14,16,18-19,21-22,41-42H,6-7,9,11-13,15,17,20,23-40H2,1-5H3/p+1/b10-8+,16-14+,19-18+,22-21+. The highest BCUT2D eigenvalue weighted by Gasteiger charge is 2.31. The Morgan fingerprint density at radius 3 is 1.57 bits per heavy atom. The van der Waals surface area contributed by atoms with E-state index in [-0.39, 0.29) is 36.2 Å². The summed E-state index contributed by atoms with van der Waals surface area (Å²) in [6.45, 7) is 4.58. The fraction of sp³-hybridized carbons (Fsp3) is 0.756. The van der Waals surface area contributed by atoms with E-state index in [0.29, 0.717) is 19.3 Å². The lowest BCUT2D eigenvalue weighted by atomic mass is 10.1. The molecule has 0 saturated carbocycles. The zero-order chi connectivity index (χ0) is 39.3. The summed E-state index contributed by atoms with van der Waals surface area (Å²) in [6, 6.07) is -0.615. The van der Waals surface area contributed by atoms with Crippen molar-refractivity contribution in [2.75, 3.05) is 41.0 Å². The van der Waals surface area contributed by atoms with E-state index in [4.69, 9.17) is 14.2 Å². The molecule has 0 aromatic rings. The summed E-state index contributed by atoms with van der Waals surface area (Å²) < 4.78 is 17.2. The summed E-state index contributed by atoms with van der Waals surface area (Å²) in [6.07, 6.45) is 41.5. The molecule has 2 unspecified atom stereocenters. The van der Waals surface area contributed by atoms with Gasteiger partial charge < -0.3 is 23.8 Å². The Labute approximate surface area is 325 Å². The van der Waals surface area contributed by atoms with Crippen molar-refractivity contribution in [2.24, 2.45) is 0 Å². The number of aliphatic carboxylic acids is 1. The SMILES string of the molecule is CC/C=C/C/C=C/C/C=C/C/C=C/CCCCCCCCCC(=O)OC(COCCC(C(=O)O)[N+](C)(C)C)COC(=O)CCCCCCCCCCC. The lowest BCUT2D eigenvalue weighted by molar-refractivity contribution is -0.887. The quantitative estimate of drug-likeness (QED) is 0.0292. The van der Waals surface area contributed by atoms with Gasteiger partial charge in [-0.2, -0.15) is 0 Å². The number of quaternary nitrogens is 1. The topological polar surface area (TPSA) is 99.1 Å². The number of carbonyl (C=O) groups is 3. The normalized spacial score (nSPS) is 13.5. The van der Waals surface area contributed by atoms with E-state index in [0.717, 1.165) is 70.6 Å². The number of allylic oxidation sites excluding steroid dienone is 8.